The molecule has 0 unspecified atom stereocenters. The Morgan fingerprint density at radius 1 is 1.32 bits per heavy atom. The van der Waals surface area contributed by atoms with Gasteiger partial charge in [-0.25, -0.2) is 8.42 Å². The third-order valence-electron chi connectivity index (χ3n) is 3.03. The summed E-state index contributed by atoms with van der Waals surface area (Å²) in [5.74, 6) is 0.175. The molecule has 108 valence electrons. The van der Waals surface area contributed by atoms with E-state index in [2.05, 4.69) is 0 Å². The SMILES string of the molecule is CN(C)S(=O)(=O)N1CC(S(=O)(=O)Cc2ccco2)C1. The van der Waals surface area contributed by atoms with Crippen LogP contribution in [0.2, 0.25) is 0 Å². The molecular weight excluding hydrogens is 292 g/mol. The summed E-state index contributed by atoms with van der Waals surface area (Å²) in [6, 6.07) is 3.21. The van der Waals surface area contributed by atoms with Crippen molar-refractivity contribution in [3.63, 3.8) is 0 Å². The zero-order valence-corrected chi connectivity index (χ0v) is 12.3. The fourth-order valence-corrected chi connectivity index (χ4v) is 4.76. The molecular formula is C10H16N2O5S2. The molecule has 1 aromatic rings. The van der Waals surface area contributed by atoms with Crippen molar-refractivity contribution in [2.45, 2.75) is 11.0 Å². The summed E-state index contributed by atoms with van der Waals surface area (Å²) in [5, 5.41) is -0.660. The van der Waals surface area contributed by atoms with Crippen LogP contribution in [0.25, 0.3) is 0 Å². The lowest BCUT2D eigenvalue weighted by Gasteiger charge is -2.38. The van der Waals surface area contributed by atoms with Crippen molar-refractivity contribution in [1.82, 2.24) is 8.61 Å². The van der Waals surface area contributed by atoms with Crippen molar-refractivity contribution in [1.29, 1.82) is 0 Å². The predicted molar refractivity (Wildman–Crippen MR) is 69.3 cm³/mol. The number of hydrogen-bond donors (Lipinski definition) is 0. The van der Waals surface area contributed by atoms with Crippen LogP contribution >= 0.6 is 0 Å². The number of hydrogen-bond acceptors (Lipinski definition) is 5. The predicted octanol–water partition coefficient (Wildman–Crippen LogP) is -0.315. The summed E-state index contributed by atoms with van der Waals surface area (Å²) in [7, 11) is -4.07. The van der Waals surface area contributed by atoms with Crippen molar-refractivity contribution in [3.05, 3.63) is 24.2 Å². The number of furan rings is 1. The third-order valence-corrected chi connectivity index (χ3v) is 6.91. The highest BCUT2D eigenvalue weighted by Gasteiger charge is 2.43. The second-order valence-corrected chi connectivity index (χ2v) is 9.04. The number of nitrogens with zero attached hydrogens (tertiary/aromatic N) is 2. The Morgan fingerprint density at radius 2 is 1.95 bits per heavy atom. The molecule has 0 amide bonds. The Hall–Kier alpha value is -0.900. The molecule has 0 saturated carbocycles. The maximum absolute atomic E-state index is 12.0. The maximum Gasteiger partial charge on any atom is 0.281 e. The van der Waals surface area contributed by atoms with Crippen LogP contribution in [0.15, 0.2) is 22.8 Å². The maximum atomic E-state index is 12.0. The molecule has 19 heavy (non-hydrogen) atoms. The third kappa shape index (κ3) is 2.83. The fraction of sp³-hybridized carbons (Fsp3) is 0.600. The molecule has 7 nitrogen and oxygen atoms in total. The highest BCUT2D eigenvalue weighted by Crippen LogP contribution is 2.23. The monoisotopic (exact) mass is 308 g/mol. The molecule has 0 aromatic carbocycles. The van der Waals surface area contributed by atoms with Crippen LogP contribution < -0.4 is 0 Å². The van der Waals surface area contributed by atoms with Gasteiger partial charge in [0.15, 0.2) is 9.84 Å². The summed E-state index contributed by atoms with van der Waals surface area (Å²) >= 11 is 0. The Bertz CT molecular complexity index is 627. The topological polar surface area (TPSA) is 87.9 Å². The lowest BCUT2D eigenvalue weighted by Crippen LogP contribution is -2.59. The first-order chi connectivity index (χ1) is 8.73. The summed E-state index contributed by atoms with van der Waals surface area (Å²) in [4.78, 5) is 0. The van der Waals surface area contributed by atoms with Crippen LogP contribution in [-0.4, -0.2) is 57.9 Å². The highest BCUT2D eigenvalue weighted by molar-refractivity contribution is 7.91. The van der Waals surface area contributed by atoms with E-state index in [1.54, 1.807) is 12.1 Å². The Balaban J connectivity index is 2.00. The van der Waals surface area contributed by atoms with Crippen LogP contribution in [0.5, 0.6) is 0 Å². The molecule has 0 N–H and O–H groups in total. The van der Waals surface area contributed by atoms with E-state index >= 15 is 0 Å². The van der Waals surface area contributed by atoms with E-state index in [0.717, 1.165) is 8.61 Å². The van der Waals surface area contributed by atoms with E-state index in [1.165, 1.54) is 20.4 Å². The molecule has 1 aliphatic rings. The first-order valence-electron chi connectivity index (χ1n) is 5.65. The standard InChI is InChI=1S/C10H16N2O5S2/c1-11(2)19(15,16)12-6-10(7-12)18(13,14)8-9-4-3-5-17-9/h3-5,10H,6-8H2,1-2H3. The van der Waals surface area contributed by atoms with Crippen molar-refractivity contribution < 1.29 is 21.3 Å². The van der Waals surface area contributed by atoms with E-state index in [9.17, 15) is 16.8 Å². The molecule has 2 heterocycles. The first-order valence-corrected chi connectivity index (χ1v) is 8.76. The lowest BCUT2D eigenvalue weighted by atomic mass is 10.3. The zero-order valence-electron chi connectivity index (χ0n) is 10.7. The smallest absolute Gasteiger partial charge is 0.281 e. The summed E-state index contributed by atoms with van der Waals surface area (Å²) in [6.45, 7) is 0.00705. The first kappa shape index (κ1) is 14.5. The van der Waals surface area contributed by atoms with Gasteiger partial charge in [-0.15, -0.1) is 0 Å². The van der Waals surface area contributed by atoms with E-state index in [-0.39, 0.29) is 18.8 Å². The summed E-state index contributed by atoms with van der Waals surface area (Å²) in [6.07, 6.45) is 1.41. The molecule has 1 aromatic heterocycles. The second kappa shape index (κ2) is 4.89. The van der Waals surface area contributed by atoms with E-state index in [4.69, 9.17) is 4.42 Å². The van der Waals surface area contributed by atoms with Crippen LogP contribution in [0.3, 0.4) is 0 Å². The van der Waals surface area contributed by atoms with Crippen LogP contribution in [0, 0.1) is 0 Å². The molecule has 0 spiro atoms. The summed E-state index contributed by atoms with van der Waals surface area (Å²) < 4.78 is 54.8. The van der Waals surface area contributed by atoms with Gasteiger partial charge >= 0.3 is 0 Å². The zero-order chi connectivity index (χ0) is 14.3. The minimum Gasteiger partial charge on any atom is -0.468 e. The Kier molecular flexibility index (Phi) is 3.74. The van der Waals surface area contributed by atoms with Crippen molar-refractivity contribution >= 4 is 20.0 Å². The normalized spacial score (nSPS) is 18.7. The fourth-order valence-electron chi connectivity index (χ4n) is 1.76. The van der Waals surface area contributed by atoms with Crippen LogP contribution in [-0.2, 0) is 25.8 Å². The largest absolute Gasteiger partial charge is 0.468 e. The molecule has 0 radical (unpaired) electrons. The summed E-state index contributed by atoms with van der Waals surface area (Å²) in [5.41, 5.74) is 0. The molecule has 2 rings (SSSR count). The van der Waals surface area contributed by atoms with Crippen molar-refractivity contribution in [3.8, 4) is 0 Å². The quantitative estimate of drug-likeness (QED) is 0.744. The molecule has 9 heteroatoms. The van der Waals surface area contributed by atoms with Crippen LogP contribution in [0.1, 0.15) is 5.76 Å². The van der Waals surface area contributed by atoms with E-state index in [0.29, 0.717) is 5.76 Å². The Labute approximate surface area is 112 Å². The molecule has 1 aliphatic heterocycles. The lowest BCUT2D eigenvalue weighted by molar-refractivity contribution is 0.289. The van der Waals surface area contributed by atoms with E-state index < -0.39 is 25.3 Å². The molecule has 0 aliphatic carbocycles. The second-order valence-electron chi connectivity index (χ2n) is 4.62. The average Bonchev–Trinajstić information content (AvgIpc) is 2.65. The van der Waals surface area contributed by atoms with Gasteiger partial charge in [0.2, 0.25) is 0 Å². The highest BCUT2D eigenvalue weighted by atomic mass is 32.2. The van der Waals surface area contributed by atoms with Gasteiger partial charge in [0, 0.05) is 27.2 Å². The minimum absolute atomic E-state index is 0.00353. The van der Waals surface area contributed by atoms with Crippen LogP contribution in [0.4, 0.5) is 0 Å². The van der Waals surface area contributed by atoms with Gasteiger partial charge in [0.25, 0.3) is 10.2 Å². The minimum atomic E-state index is -3.52. The Morgan fingerprint density at radius 3 is 2.42 bits per heavy atom. The molecule has 0 atom stereocenters. The van der Waals surface area contributed by atoms with Gasteiger partial charge in [-0.3, -0.25) is 0 Å². The van der Waals surface area contributed by atoms with Crippen molar-refractivity contribution in [2.24, 2.45) is 0 Å². The van der Waals surface area contributed by atoms with Gasteiger partial charge < -0.3 is 4.42 Å². The van der Waals surface area contributed by atoms with Gasteiger partial charge in [0.1, 0.15) is 11.5 Å². The van der Waals surface area contributed by atoms with Gasteiger partial charge in [-0.2, -0.15) is 17.0 Å². The average molecular weight is 308 g/mol. The number of rotatable bonds is 5. The number of sulfone groups is 1. The van der Waals surface area contributed by atoms with Gasteiger partial charge in [-0.05, 0) is 12.1 Å². The van der Waals surface area contributed by atoms with Gasteiger partial charge in [-0.1, -0.05) is 0 Å². The van der Waals surface area contributed by atoms with Gasteiger partial charge in [0.05, 0.1) is 11.5 Å². The molecule has 1 fully saturated rings. The molecule has 0 bridgehead atoms. The molecule has 1 saturated heterocycles. The van der Waals surface area contributed by atoms with Crippen molar-refractivity contribution in [2.75, 3.05) is 27.2 Å². The van der Waals surface area contributed by atoms with E-state index in [1.807, 2.05) is 0 Å².